The summed E-state index contributed by atoms with van der Waals surface area (Å²) in [5, 5.41) is 0. The van der Waals surface area contributed by atoms with Crippen molar-refractivity contribution in [3.8, 4) is 11.5 Å². The maximum absolute atomic E-state index is 5.86. The highest BCUT2D eigenvalue weighted by atomic mass is 127. The maximum atomic E-state index is 5.86. The third kappa shape index (κ3) is 4.76. The van der Waals surface area contributed by atoms with E-state index in [0.717, 1.165) is 21.5 Å². The molecule has 0 spiro atoms. The molecule has 0 aliphatic heterocycles. The molecule has 1 heterocycles. The summed E-state index contributed by atoms with van der Waals surface area (Å²) in [6, 6.07) is 10.0. The number of pyridine rings is 1. The van der Waals surface area contributed by atoms with Gasteiger partial charge in [0.1, 0.15) is 7.05 Å². The number of ether oxygens (including phenoxy) is 2. The van der Waals surface area contributed by atoms with Crippen LogP contribution in [-0.2, 0) is 13.5 Å². The van der Waals surface area contributed by atoms with Crippen LogP contribution in [0.5, 0.6) is 11.5 Å². The summed E-state index contributed by atoms with van der Waals surface area (Å²) in [7, 11) is 3.68. The Bertz CT molecular complexity index is 561. The molecule has 1 aromatic heterocycles. The minimum atomic E-state index is 0. The van der Waals surface area contributed by atoms with E-state index in [0.29, 0.717) is 6.61 Å². The van der Waals surface area contributed by atoms with Gasteiger partial charge in [0.15, 0.2) is 23.9 Å². The van der Waals surface area contributed by atoms with Crippen molar-refractivity contribution in [2.24, 2.45) is 7.05 Å². The van der Waals surface area contributed by atoms with Crippen LogP contribution in [0.1, 0.15) is 5.56 Å². The Kier molecular flexibility index (Phi) is 7.57. The van der Waals surface area contributed by atoms with Crippen LogP contribution in [0.4, 0.5) is 0 Å². The van der Waals surface area contributed by atoms with Gasteiger partial charge in [-0.3, -0.25) is 0 Å². The molecule has 0 bridgehead atoms. The SMILES string of the molecule is COc1cccc(I)c1OCCc1ccc[n+](C)c1.[I-]. The second-order valence-corrected chi connectivity index (χ2v) is 5.41. The lowest BCUT2D eigenvalue weighted by molar-refractivity contribution is -0.671. The van der Waals surface area contributed by atoms with Crippen molar-refractivity contribution in [3.05, 3.63) is 51.9 Å². The van der Waals surface area contributed by atoms with Crippen molar-refractivity contribution in [3.63, 3.8) is 0 Å². The van der Waals surface area contributed by atoms with Crippen molar-refractivity contribution < 1.29 is 38.0 Å². The van der Waals surface area contributed by atoms with Gasteiger partial charge in [-0.1, -0.05) is 6.07 Å². The molecule has 0 amide bonds. The number of methoxy groups -OCH3 is 1. The minimum Gasteiger partial charge on any atom is -1.00 e. The number of nitrogens with zero attached hydrogens (tertiary/aromatic N) is 1. The first-order valence-corrected chi connectivity index (χ1v) is 7.18. The zero-order chi connectivity index (χ0) is 13.7. The van der Waals surface area contributed by atoms with Gasteiger partial charge in [0.05, 0.1) is 17.3 Å². The Hall–Kier alpha value is -0.570. The van der Waals surface area contributed by atoms with Crippen LogP contribution in [0, 0.1) is 3.57 Å². The number of halogens is 2. The molecule has 0 aliphatic carbocycles. The molecule has 108 valence electrons. The molecule has 0 aliphatic rings. The van der Waals surface area contributed by atoms with E-state index in [9.17, 15) is 0 Å². The molecule has 2 aromatic rings. The molecule has 3 nitrogen and oxygen atoms in total. The molecule has 0 saturated carbocycles. The highest BCUT2D eigenvalue weighted by molar-refractivity contribution is 14.1. The number of aryl methyl sites for hydroxylation is 1. The summed E-state index contributed by atoms with van der Waals surface area (Å²) in [5.74, 6) is 1.61. The van der Waals surface area contributed by atoms with Crippen LogP contribution in [0.25, 0.3) is 0 Å². The largest absolute Gasteiger partial charge is 1.00 e. The van der Waals surface area contributed by atoms with Gasteiger partial charge in [-0.25, -0.2) is 4.57 Å². The first-order chi connectivity index (χ1) is 9.20. The van der Waals surface area contributed by atoms with E-state index in [1.165, 1.54) is 5.56 Å². The maximum Gasteiger partial charge on any atom is 0.174 e. The summed E-state index contributed by atoms with van der Waals surface area (Å²) in [5.41, 5.74) is 1.26. The van der Waals surface area contributed by atoms with Gasteiger partial charge in [-0.15, -0.1) is 0 Å². The number of para-hydroxylation sites is 1. The van der Waals surface area contributed by atoms with Crippen LogP contribution >= 0.6 is 22.6 Å². The number of aromatic nitrogens is 1. The lowest BCUT2D eigenvalue weighted by Gasteiger charge is -2.11. The van der Waals surface area contributed by atoms with Gasteiger partial charge in [-0.2, -0.15) is 0 Å². The van der Waals surface area contributed by atoms with Gasteiger partial charge >= 0.3 is 0 Å². The van der Waals surface area contributed by atoms with Gasteiger partial charge in [-0.05, 0) is 40.8 Å². The van der Waals surface area contributed by atoms with Crippen molar-refractivity contribution in [2.45, 2.75) is 6.42 Å². The predicted octanol–water partition coefficient (Wildman–Crippen LogP) is -0.250. The van der Waals surface area contributed by atoms with E-state index in [1.807, 2.05) is 42.1 Å². The summed E-state index contributed by atoms with van der Waals surface area (Å²) in [6.07, 6.45) is 5.01. The summed E-state index contributed by atoms with van der Waals surface area (Å²) < 4.78 is 14.3. The Morgan fingerprint density at radius 2 is 2.00 bits per heavy atom. The van der Waals surface area contributed by atoms with Gasteiger partial charge < -0.3 is 33.5 Å². The van der Waals surface area contributed by atoms with Crippen LogP contribution in [0.2, 0.25) is 0 Å². The zero-order valence-electron chi connectivity index (χ0n) is 11.5. The summed E-state index contributed by atoms with van der Waals surface area (Å²) >= 11 is 2.26. The Morgan fingerprint density at radius 3 is 2.70 bits per heavy atom. The second-order valence-electron chi connectivity index (χ2n) is 4.25. The predicted molar refractivity (Wildman–Crippen MR) is 82.5 cm³/mol. The van der Waals surface area contributed by atoms with E-state index < -0.39 is 0 Å². The van der Waals surface area contributed by atoms with Crippen LogP contribution in [0.3, 0.4) is 0 Å². The smallest absolute Gasteiger partial charge is 0.174 e. The highest BCUT2D eigenvalue weighted by Gasteiger charge is 2.08. The van der Waals surface area contributed by atoms with Gasteiger partial charge in [0, 0.05) is 18.1 Å². The van der Waals surface area contributed by atoms with E-state index in [2.05, 4.69) is 34.9 Å². The summed E-state index contributed by atoms with van der Waals surface area (Å²) in [4.78, 5) is 0. The third-order valence-corrected chi connectivity index (χ3v) is 3.64. The van der Waals surface area contributed by atoms with Crippen LogP contribution in [-0.4, -0.2) is 13.7 Å². The molecule has 0 unspecified atom stereocenters. The van der Waals surface area contributed by atoms with E-state index in [-0.39, 0.29) is 24.0 Å². The molecule has 1 aromatic carbocycles. The van der Waals surface area contributed by atoms with Crippen molar-refractivity contribution in [2.75, 3.05) is 13.7 Å². The normalized spacial score (nSPS) is 9.75. The topological polar surface area (TPSA) is 22.3 Å². The molecule has 0 fully saturated rings. The average molecular weight is 497 g/mol. The fourth-order valence-corrected chi connectivity index (χ4v) is 2.49. The van der Waals surface area contributed by atoms with Crippen molar-refractivity contribution in [1.82, 2.24) is 0 Å². The molecular weight excluding hydrogens is 480 g/mol. The minimum absolute atomic E-state index is 0. The highest BCUT2D eigenvalue weighted by Crippen LogP contribution is 2.31. The number of benzene rings is 1. The van der Waals surface area contributed by atoms with Gasteiger partial charge in [0.2, 0.25) is 0 Å². The fraction of sp³-hybridized carbons (Fsp3) is 0.267. The van der Waals surface area contributed by atoms with Crippen LogP contribution < -0.4 is 38.0 Å². The summed E-state index contributed by atoms with van der Waals surface area (Å²) in [6.45, 7) is 0.639. The number of hydrogen-bond donors (Lipinski definition) is 0. The lowest BCUT2D eigenvalue weighted by Crippen LogP contribution is -3.00. The van der Waals surface area contributed by atoms with Crippen molar-refractivity contribution >= 4 is 22.6 Å². The van der Waals surface area contributed by atoms with Gasteiger partial charge in [0.25, 0.3) is 0 Å². The molecule has 0 N–H and O–H groups in total. The Morgan fingerprint density at radius 1 is 1.20 bits per heavy atom. The number of hydrogen-bond acceptors (Lipinski definition) is 2. The Labute approximate surface area is 150 Å². The van der Waals surface area contributed by atoms with E-state index >= 15 is 0 Å². The fourth-order valence-electron chi connectivity index (χ4n) is 1.86. The average Bonchev–Trinajstić information content (AvgIpc) is 2.40. The molecule has 5 heteroatoms. The Balaban J connectivity index is 0.00000200. The molecule has 2 rings (SSSR count). The first-order valence-electron chi connectivity index (χ1n) is 6.10. The van der Waals surface area contributed by atoms with E-state index in [4.69, 9.17) is 9.47 Å². The second kappa shape index (κ2) is 8.66. The first kappa shape index (κ1) is 17.5. The quantitative estimate of drug-likeness (QED) is 0.421. The standard InChI is InChI=1S/C15H17INO2.HI/c1-17-9-4-5-12(11-17)8-10-19-15-13(16)6-3-7-14(15)18-2;/h3-7,9,11H,8,10H2,1-2H3;1H/q+1;/p-1. The third-order valence-electron chi connectivity index (χ3n) is 2.79. The zero-order valence-corrected chi connectivity index (χ0v) is 15.8. The van der Waals surface area contributed by atoms with E-state index in [1.54, 1.807) is 7.11 Å². The molecule has 0 atom stereocenters. The van der Waals surface area contributed by atoms with Crippen molar-refractivity contribution in [1.29, 1.82) is 0 Å². The van der Waals surface area contributed by atoms with Crippen LogP contribution in [0.15, 0.2) is 42.7 Å². The molecule has 20 heavy (non-hydrogen) atoms. The number of rotatable bonds is 5. The molecular formula is C15H17I2NO2. The lowest BCUT2D eigenvalue weighted by atomic mass is 10.2. The molecule has 0 saturated heterocycles. The monoisotopic (exact) mass is 497 g/mol. The molecule has 0 radical (unpaired) electrons.